The predicted octanol–water partition coefficient (Wildman–Crippen LogP) is 0.742. The first-order chi connectivity index (χ1) is 8.88. The largest absolute Gasteiger partial charge is 0.386 e. The number of rotatable bonds is 7. The lowest BCUT2D eigenvalue weighted by atomic mass is 10.3. The van der Waals surface area contributed by atoms with Crippen LogP contribution in [0, 0.1) is 0 Å². The quantitative estimate of drug-likeness (QED) is 0.773. The summed E-state index contributed by atoms with van der Waals surface area (Å²) in [6.07, 6.45) is 1.47. The van der Waals surface area contributed by atoms with Crippen LogP contribution in [-0.4, -0.2) is 51.5 Å². The summed E-state index contributed by atoms with van der Waals surface area (Å²) in [5, 5.41) is 2.86. The lowest BCUT2D eigenvalue weighted by molar-refractivity contribution is 0.278. The van der Waals surface area contributed by atoms with E-state index >= 15 is 0 Å². The first kappa shape index (κ1) is 15.9. The van der Waals surface area contributed by atoms with E-state index in [0.29, 0.717) is 24.8 Å². The van der Waals surface area contributed by atoms with Gasteiger partial charge in [-0.05, 0) is 33.0 Å². The summed E-state index contributed by atoms with van der Waals surface area (Å²) in [6, 6.07) is 3.76. The highest BCUT2D eigenvalue weighted by molar-refractivity contribution is 7.89. The van der Waals surface area contributed by atoms with Gasteiger partial charge in [-0.25, -0.2) is 18.1 Å². The maximum atomic E-state index is 12.1. The fraction of sp³-hybridized carbons (Fsp3) is 0.583. The Morgan fingerprint density at radius 2 is 2.11 bits per heavy atom. The Morgan fingerprint density at radius 3 is 2.68 bits per heavy atom. The van der Waals surface area contributed by atoms with Crippen molar-refractivity contribution in [3.05, 3.63) is 18.3 Å². The van der Waals surface area contributed by atoms with Gasteiger partial charge in [-0.3, -0.25) is 0 Å². The summed E-state index contributed by atoms with van der Waals surface area (Å²) in [5.74, 6) is 0. The molecule has 0 aromatic carbocycles. The number of aromatic nitrogens is 1. The van der Waals surface area contributed by atoms with Crippen LogP contribution in [0.25, 0.3) is 0 Å². The Hall–Kier alpha value is -1.18. The minimum absolute atomic E-state index is 0.0321. The molecule has 1 rings (SSSR count). The van der Waals surface area contributed by atoms with E-state index in [1.807, 2.05) is 7.05 Å². The van der Waals surface area contributed by atoms with Crippen LogP contribution >= 0.6 is 0 Å². The second-order valence-corrected chi connectivity index (χ2v) is 6.26. The van der Waals surface area contributed by atoms with Crippen LogP contribution in [0.4, 0.5) is 5.69 Å². The van der Waals surface area contributed by atoms with Crippen molar-refractivity contribution in [2.45, 2.75) is 24.9 Å². The van der Waals surface area contributed by atoms with E-state index in [-0.39, 0.29) is 5.03 Å². The molecular weight excluding hydrogens is 264 g/mol. The summed E-state index contributed by atoms with van der Waals surface area (Å²) in [5.41, 5.74) is 0.493. The molecule has 0 aliphatic rings. The van der Waals surface area contributed by atoms with E-state index in [0.717, 1.165) is 0 Å². The van der Waals surface area contributed by atoms with Crippen molar-refractivity contribution in [3.8, 4) is 0 Å². The Bertz CT molecular complexity index is 502. The minimum Gasteiger partial charge on any atom is -0.386 e. The summed E-state index contributed by atoms with van der Waals surface area (Å²) in [6.45, 7) is 5.13. The Morgan fingerprint density at radius 1 is 1.42 bits per heavy atom. The van der Waals surface area contributed by atoms with E-state index in [4.69, 9.17) is 0 Å². The summed E-state index contributed by atoms with van der Waals surface area (Å²) >= 11 is 0. The third-order valence-electron chi connectivity index (χ3n) is 2.93. The molecule has 0 radical (unpaired) electrons. The molecule has 19 heavy (non-hydrogen) atoms. The molecule has 0 bridgehead atoms. The molecule has 1 heterocycles. The van der Waals surface area contributed by atoms with Gasteiger partial charge < -0.3 is 10.2 Å². The van der Waals surface area contributed by atoms with Crippen molar-refractivity contribution < 1.29 is 8.42 Å². The first-order valence-corrected chi connectivity index (χ1v) is 7.69. The van der Waals surface area contributed by atoms with Crippen molar-refractivity contribution in [2.24, 2.45) is 0 Å². The molecule has 0 saturated heterocycles. The average molecular weight is 286 g/mol. The zero-order chi connectivity index (χ0) is 14.5. The van der Waals surface area contributed by atoms with Crippen molar-refractivity contribution in [1.82, 2.24) is 14.6 Å². The molecule has 1 aromatic heterocycles. The fourth-order valence-electron chi connectivity index (χ4n) is 1.48. The maximum absolute atomic E-state index is 12.1. The van der Waals surface area contributed by atoms with Crippen LogP contribution in [0.2, 0.25) is 0 Å². The van der Waals surface area contributed by atoms with Gasteiger partial charge in [0.2, 0.25) is 0 Å². The second kappa shape index (κ2) is 6.83. The Kier molecular flexibility index (Phi) is 5.71. The summed E-state index contributed by atoms with van der Waals surface area (Å²) < 4.78 is 26.8. The highest BCUT2D eigenvalue weighted by Gasteiger charge is 2.19. The molecule has 0 aliphatic heterocycles. The third kappa shape index (κ3) is 4.45. The lowest BCUT2D eigenvalue weighted by Crippen LogP contribution is -2.36. The summed E-state index contributed by atoms with van der Waals surface area (Å²) in [4.78, 5) is 6.00. The van der Waals surface area contributed by atoms with Crippen LogP contribution in [0.1, 0.15) is 13.8 Å². The molecule has 0 spiro atoms. The number of hydrogen-bond acceptors (Lipinski definition) is 5. The number of nitrogens with one attached hydrogen (secondary N) is 2. The molecule has 0 unspecified atom stereocenters. The normalized spacial score (nSPS) is 12.1. The monoisotopic (exact) mass is 286 g/mol. The minimum atomic E-state index is -3.57. The molecule has 0 fully saturated rings. The number of sulfonamides is 1. The zero-order valence-electron chi connectivity index (χ0n) is 11.8. The molecule has 2 N–H and O–H groups in total. The molecule has 6 nitrogen and oxygen atoms in total. The standard InChI is InChI=1S/C12H22N4O2S/c1-10(2)16(4)9-8-15-19(17,18)12-11(13-3)6-5-7-14-12/h5-7,10,13,15H,8-9H2,1-4H3. The number of likely N-dealkylation sites (N-methyl/N-ethyl adjacent to an activating group) is 1. The first-order valence-electron chi connectivity index (χ1n) is 6.21. The van der Waals surface area contributed by atoms with Gasteiger partial charge in [0.05, 0.1) is 5.69 Å². The van der Waals surface area contributed by atoms with Gasteiger partial charge in [-0.1, -0.05) is 0 Å². The van der Waals surface area contributed by atoms with Crippen molar-refractivity contribution in [3.63, 3.8) is 0 Å². The molecule has 108 valence electrons. The van der Waals surface area contributed by atoms with E-state index < -0.39 is 10.0 Å². The topological polar surface area (TPSA) is 74.3 Å². The van der Waals surface area contributed by atoms with Gasteiger partial charge in [-0.15, -0.1) is 0 Å². The molecule has 0 aliphatic carbocycles. The molecule has 0 amide bonds. The van der Waals surface area contributed by atoms with E-state index in [2.05, 4.69) is 33.8 Å². The number of nitrogens with zero attached hydrogens (tertiary/aromatic N) is 2. The number of anilines is 1. The van der Waals surface area contributed by atoms with Gasteiger partial charge in [0.25, 0.3) is 10.0 Å². The molecule has 7 heteroatoms. The zero-order valence-corrected chi connectivity index (χ0v) is 12.7. The third-order valence-corrected chi connectivity index (χ3v) is 4.35. The van der Waals surface area contributed by atoms with Crippen molar-refractivity contribution in [2.75, 3.05) is 32.5 Å². The lowest BCUT2D eigenvalue weighted by Gasteiger charge is -2.20. The van der Waals surface area contributed by atoms with Gasteiger partial charge >= 0.3 is 0 Å². The van der Waals surface area contributed by atoms with Crippen LogP contribution in [0.5, 0.6) is 0 Å². The molecule has 1 aromatic rings. The van der Waals surface area contributed by atoms with Gasteiger partial charge in [-0.2, -0.15) is 0 Å². The number of pyridine rings is 1. The van der Waals surface area contributed by atoms with E-state index in [9.17, 15) is 8.42 Å². The van der Waals surface area contributed by atoms with Crippen LogP contribution in [0.15, 0.2) is 23.4 Å². The summed E-state index contributed by atoms with van der Waals surface area (Å²) in [7, 11) is 0.0516. The van der Waals surface area contributed by atoms with Crippen LogP contribution in [-0.2, 0) is 10.0 Å². The van der Waals surface area contributed by atoms with Crippen molar-refractivity contribution >= 4 is 15.7 Å². The maximum Gasteiger partial charge on any atom is 0.260 e. The highest BCUT2D eigenvalue weighted by Crippen LogP contribution is 2.16. The van der Waals surface area contributed by atoms with Crippen LogP contribution < -0.4 is 10.0 Å². The average Bonchev–Trinajstić information content (AvgIpc) is 2.38. The van der Waals surface area contributed by atoms with Gasteiger partial charge in [0.1, 0.15) is 0 Å². The number of hydrogen-bond donors (Lipinski definition) is 2. The van der Waals surface area contributed by atoms with E-state index in [1.165, 1.54) is 6.20 Å². The predicted molar refractivity (Wildman–Crippen MR) is 76.7 cm³/mol. The second-order valence-electron chi connectivity index (χ2n) is 4.58. The highest BCUT2D eigenvalue weighted by atomic mass is 32.2. The smallest absolute Gasteiger partial charge is 0.260 e. The van der Waals surface area contributed by atoms with Crippen molar-refractivity contribution in [1.29, 1.82) is 0 Å². The van der Waals surface area contributed by atoms with Gasteiger partial charge in [0, 0.05) is 32.4 Å². The van der Waals surface area contributed by atoms with Gasteiger partial charge in [0.15, 0.2) is 5.03 Å². The Labute approximate surface area is 115 Å². The fourth-order valence-corrected chi connectivity index (χ4v) is 2.63. The van der Waals surface area contributed by atoms with Crippen LogP contribution in [0.3, 0.4) is 0 Å². The Balaban J connectivity index is 2.71. The molecule has 0 saturated carbocycles. The van der Waals surface area contributed by atoms with E-state index in [1.54, 1.807) is 19.2 Å². The molecule has 0 atom stereocenters. The molecular formula is C12H22N4O2S. The SMILES string of the molecule is CNc1cccnc1S(=O)(=O)NCCN(C)C(C)C.